The van der Waals surface area contributed by atoms with Crippen molar-refractivity contribution in [3.63, 3.8) is 0 Å². The highest BCUT2D eigenvalue weighted by molar-refractivity contribution is 7.92. The average Bonchev–Trinajstić information content (AvgIpc) is 3.32. The van der Waals surface area contributed by atoms with Crippen LogP contribution in [-0.2, 0) is 21.2 Å². The molecule has 0 radical (unpaired) electrons. The molecular formula is C33H34O6S3. The molecule has 42 heavy (non-hydrogen) atoms. The highest BCUT2D eigenvalue weighted by Gasteiger charge is 2.45. The number of thiophene rings is 1. The molecule has 0 saturated carbocycles. The van der Waals surface area contributed by atoms with Crippen molar-refractivity contribution in [1.29, 1.82) is 0 Å². The summed E-state index contributed by atoms with van der Waals surface area (Å²) in [5.74, 6) is 6.46. The second-order valence-corrected chi connectivity index (χ2v) is 14.0. The Balaban J connectivity index is 0.00000405. The van der Waals surface area contributed by atoms with Crippen LogP contribution in [0, 0.1) is 24.2 Å². The number of sulfone groups is 1. The second kappa shape index (κ2) is 12.8. The first-order valence-electron chi connectivity index (χ1n) is 13.4. The summed E-state index contributed by atoms with van der Waals surface area (Å²) in [6.07, 6.45) is -0.0270. The number of aliphatic carboxylic acids is 1. The molecule has 1 atom stereocenters. The van der Waals surface area contributed by atoms with Crippen LogP contribution in [0.15, 0.2) is 66.0 Å². The van der Waals surface area contributed by atoms with Crippen molar-refractivity contribution in [2.45, 2.75) is 39.7 Å². The van der Waals surface area contributed by atoms with Crippen LogP contribution in [0.3, 0.4) is 0 Å². The molecule has 0 spiro atoms. The zero-order chi connectivity index (χ0) is 29.2. The largest absolute Gasteiger partial charge is 0.493 e. The molecule has 0 amide bonds. The number of carbonyl (C=O) groups is 1. The Bertz CT molecular complexity index is 1750. The van der Waals surface area contributed by atoms with Crippen LogP contribution in [0.1, 0.15) is 42.9 Å². The van der Waals surface area contributed by atoms with E-state index in [0.29, 0.717) is 13.2 Å². The summed E-state index contributed by atoms with van der Waals surface area (Å²) in [4.78, 5) is 11.2. The Morgan fingerprint density at radius 2 is 1.71 bits per heavy atom. The lowest BCUT2D eigenvalue weighted by Gasteiger charge is -2.37. The smallest absolute Gasteiger partial charge is 0.304 e. The van der Waals surface area contributed by atoms with Crippen molar-refractivity contribution in [2.24, 2.45) is 5.41 Å². The van der Waals surface area contributed by atoms with E-state index in [1.54, 1.807) is 18.3 Å². The molecule has 1 aliphatic rings. The normalized spacial score (nSPS) is 15.4. The van der Waals surface area contributed by atoms with Crippen LogP contribution in [0.4, 0.5) is 0 Å². The standard InChI is InChI=1S/C33H32O6S2.H2S/c1-4-5-25(15-32(34)35)24-8-6-23(7-9-24)17-38-27-11-13-31-29(16-27)30(18-40-31)28-12-10-26(14-22(28)2)39-19-33(3)20-41(36,37)21-33;/h6-14,16,18,25H,15,17,19-21H2,1-3H3,(H,34,35);1H2/t25-;/m0./s1. The summed E-state index contributed by atoms with van der Waals surface area (Å²) >= 11 is 1.68. The van der Waals surface area contributed by atoms with Crippen molar-refractivity contribution in [3.8, 4) is 34.5 Å². The number of carboxylic acids is 1. The van der Waals surface area contributed by atoms with E-state index in [9.17, 15) is 18.3 Å². The van der Waals surface area contributed by atoms with Gasteiger partial charge in [0.2, 0.25) is 0 Å². The summed E-state index contributed by atoms with van der Waals surface area (Å²) in [7, 11) is -2.90. The van der Waals surface area contributed by atoms with E-state index in [-0.39, 0.29) is 42.8 Å². The molecule has 5 rings (SSSR count). The number of aryl methyl sites for hydroxylation is 1. The van der Waals surface area contributed by atoms with Crippen molar-refractivity contribution < 1.29 is 27.8 Å². The molecule has 220 valence electrons. The Labute approximate surface area is 258 Å². The summed E-state index contributed by atoms with van der Waals surface area (Å²) in [5.41, 5.74) is 4.86. The van der Waals surface area contributed by atoms with Gasteiger partial charge < -0.3 is 14.6 Å². The van der Waals surface area contributed by atoms with Crippen molar-refractivity contribution in [2.75, 3.05) is 18.1 Å². The first-order valence-corrected chi connectivity index (χ1v) is 16.1. The first kappa shape index (κ1) is 31.5. The molecule has 9 heteroatoms. The number of carboxylic acid groups (broad SMARTS) is 1. The fourth-order valence-electron chi connectivity index (χ4n) is 5.31. The molecule has 6 nitrogen and oxygen atoms in total. The van der Waals surface area contributed by atoms with Crippen molar-refractivity contribution >= 4 is 50.7 Å². The van der Waals surface area contributed by atoms with E-state index in [1.807, 2.05) is 49.4 Å². The predicted octanol–water partition coefficient (Wildman–Crippen LogP) is 6.96. The second-order valence-electron chi connectivity index (χ2n) is 11.0. The molecule has 4 aromatic rings. The topological polar surface area (TPSA) is 89.9 Å². The van der Waals surface area contributed by atoms with Gasteiger partial charge in [0, 0.05) is 21.1 Å². The van der Waals surface area contributed by atoms with Gasteiger partial charge in [0.05, 0.1) is 30.5 Å². The number of benzene rings is 3. The summed E-state index contributed by atoms with van der Waals surface area (Å²) in [6, 6.07) is 19.9. The maximum Gasteiger partial charge on any atom is 0.304 e. The number of hydrogen-bond acceptors (Lipinski definition) is 6. The quantitative estimate of drug-likeness (QED) is 0.192. The van der Waals surface area contributed by atoms with Gasteiger partial charge in [-0.15, -0.1) is 17.3 Å². The van der Waals surface area contributed by atoms with E-state index in [1.165, 1.54) is 0 Å². The molecule has 1 aliphatic heterocycles. The molecule has 1 fully saturated rings. The van der Waals surface area contributed by atoms with Crippen LogP contribution in [-0.4, -0.2) is 37.6 Å². The molecule has 0 bridgehead atoms. The Hall–Kier alpha value is -3.45. The van der Waals surface area contributed by atoms with Crippen molar-refractivity contribution in [3.05, 3.63) is 82.7 Å². The van der Waals surface area contributed by atoms with Gasteiger partial charge in [0.15, 0.2) is 9.84 Å². The van der Waals surface area contributed by atoms with Gasteiger partial charge in [-0.25, -0.2) is 8.42 Å². The lowest BCUT2D eigenvalue weighted by molar-refractivity contribution is -0.137. The molecule has 1 saturated heterocycles. The molecule has 0 aliphatic carbocycles. The lowest BCUT2D eigenvalue weighted by Crippen LogP contribution is -2.50. The number of hydrogen-bond donors (Lipinski definition) is 1. The molecular weight excluding hydrogens is 589 g/mol. The molecule has 1 N–H and O–H groups in total. The molecule has 2 heterocycles. The van der Waals surface area contributed by atoms with Crippen LogP contribution in [0.25, 0.3) is 21.2 Å². The summed E-state index contributed by atoms with van der Waals surface area (Å²) < 4.78 is 36.5. The highest BCUT2D eigenvalue weighted by Crippen LogP contribution is 2.39. The van der Waals surface area contributed by atoms with Crippen molar-refractivity contribution in [1.82, 2.24) is 0 Å². The SMILES string of the molecule is CC#C[C@@H](CC(=O)O)c1ccc(COc2ccc3scc(-c4ccc(OCC5(C)CS(=O)(=O)C5)cc4C)c3c2)cc1.S. The van der Waals surface area contributed by atoms with Gasteiger partial charge in [0.1, 0.15) is 18.1 Å². The fourth-order valence-corrected chi connectivity index (χ4v) is 8.46. The highest BCUT2D eigenvalue weighted by atomic mass is 32.2. The van der Waals surface area contributed by atoms with Gasteiger partial charge in [0.25, 0.3) is 0 Å². The molecule has 1 aromatic heterocycles. The van der Waals surface area contributed by atoms with E-state index >= 15 is 0 Å². The first-order chi connectivity index (χ1) is 19.5. The van der Waals surface area contributed by atoms with Gasteiger partial charge in [-0.3, -0.25) is 4.79 Å². The van der Waals surface area contributed by atoms with E-state index in [0.717, 1.165) is 49.4 Å². The number of ether oxygens (including phenoxy) is 2. The monoisotopic (exact) mass is 622 g/mol. The van der Waals surface area contributed by atoms with E-state index < -0.39 is 15.8 Å². The Kier molecular flexibility index (Phi) is 9.61. The zero-order valence-electron chi connectivity index (χ0n) is 23.8. The Morgan fingerprint density at radius 3 is 2.36 bits per heavy atom. The van der Waals surface area contributed by atoms with E-state index in [2.05, 4.69) is 42.3 Å². The van der Waals surface area contributed by atoms with Gasteiger partial charge >= 0.3 is 5.97 Å². The average molecular weight is 623 g/mol. The third-order valence-electron chi connectivity index (χ3n) is 7.24. The van der Waals surface area contributed by atoms with Crippen LogP contribution >= 0.6 is 24.8 Å². The molecule has 0 unspecified atom stereocenters. The minimum atomic E-state index is -2.90. The summed E-state index contributed by atoms with van der Waals surface area (Å²) in [5, 5.41) is 12.4. The number of rotatable bonds is 10. The third-order valence-corrected chi connectivity index (χ3v) is 10.5. The summed E-state index contributed by atoms with van der Waals surface area (Å²) in [6.45, 7) is 6.48. The molecule has 3 aromatic carbocycles. The van der Waals surface area contributed by atoms with Crippen LogP contribution < -0.4 is 9.47 Å². The lowest BCUT2D eigenvalue weighted by atomic mass is 9.95. The third kappa shape index (κ3) is 7.30. The van der Waals surface area contributed by atoms with Gasteiger partial charge in [-0.1, -0.05) is 43.2 Å². The van der Waals surface area contributed by atoms with Gasteiger partial charge in [-0.2, -0.15) is 13.5 Å². The van der Waals surface area contributed by atoms with Gasteiger partial charge in [-0.05, 0) is 71.8 Å². The van der Waals surface area contributed by atoms with E-state index in [4.69, 9.17) is 9.47 Å². The predicted molar refractivity (Wildman–Crippen MR) is 174 cm³/mol. The maximum absolute atomic E-state index is 11.6. The zero-order valence-corrected chi connectivity index (χ0v) is 26.4. The minimum absolute atomic E-state index is 0. The number of fused-ring (bicyclic) bond motifs is 1. The maximum atomic E-state index is 11.6. The minimum Gasteiger partial charge on any atom is -0.493 e. The fraction of sp³-hybridized carbons (Fsp3) is 0.303. The van der Waals surface area contributed by atoms with Crippen LogP contribution in [0.5, 0.6) is 11.5 Å². The Morgan fingerprint density at radius 1 is 1.02 bits per heavy atom. The van der Waals surface area contributed by atoms with Crippen LogP contribution in [0.2, 0.25) is 0 Å².